The van der Waals surface area contributed by atoms with Crippen LogP contribution in [0.2, 0.25) is 5.02 Å². The summed E-state index contributed by atoms with van der Waals surface area (Å²) < 4.78 is 5.49. The molecule has 1 aromatic rings. The maximum absolute atomic E-state index is 11.4. The van der Waals surface area contributed by atoms with Crippen molar-refractivity contribution < 1.29 is 9.53 Å². The minimum atomic E-state index is -0.657. The van der Waals surface area contributed by atoms with Gasteiger partial charge in [0.15, 0.2) is 0 Å². The number of rotatable bonds is 5. The highest BCUT2D eigenvalue weighted by atomic mass is 35.5. The van der Waals surface area contributed by atoms with Gasteiger partial charge in [-0.25, -0.2) is 5.84 Å². The number of hydrogen-bond donors (Lipinski definition) is 2. The summed E-state index contributed by atoms with van der Waals surface area (Å²) in [6.45, 7) is 4.19. The van der Waals surface area contributed by atoms with Crippen LogP contribution in [0.25, 0.3) is 0 Å². The maximum Gasteiger partial charge on any atom is 0.241 e. The summed E-state index contributed by atoms with van der Waals surface area (Å²) in [6.07, 6.45) is 0. The van der Waals surface area contributed by atoms with Gasteiger partial charge in [-0.1, -0.05) is 29.8 Å². The van der Waals surface area contributed by atoms with Crippen LogP contribution in [0, 0.1) is 5.41 Å². The van der Waals surface area contributed by atoms with Crippen molar-refractivity contribution in [2.45, 2.75) is 20.5 Å². The number of carbonyl (C=O) groups is 1. The van der Waals surface area contributed by atoms with Crippen LogP contribution in [0.4, 0.5) is 0 Å². The summed E-state index contributed by atoms with van der Waals surface area (Å²) in [6, 6.07) is 7.44. The molecule has 0 spiro atoms. The molecule has 3 N–H and O–H groups in total. The first-order chi connectivity index (χ1) is 7.97. The van der Waals surface area contributed by atoms with Crippen molar-refractivity contribution in [3.63, 3.8) is 0 Å². The fourth-order valence-electron chi connectivity index (χ4n) is 1.29. The lowest BCUT2D eigenvalue weighted by Gasteiger charge is -2.22. The van der Waals surface area contributed by atoms with Gasteiger partial charge in [0.05, 0.1) is 18.6 Å². The quantitative estimate of drug-likeness (QED) is 0.480. The topological polar surface area (TPSA) is 64.3 Å². The molecule has 0 bridgehead atoms. The van der Waals surface area contributed by atoms with Crippen LogP contribution in [0.5, 0.6) is 0 Å². The molecule has 94 valence electrons. The fraction of sp³-hybridized carbons (Fsp3) is 0.417. The van der Waals surface area contributed by atoms with Gasteiger partial charge in [0, 0.05) is 5.02 Å². The molecule has 17 heavy (non-hydrogen) atoms. The highest BCUT2D eigenvalue weighted by Gasteiger charge is 2.27. The molecule has 0 saturated carbocycles. The predicted octanol–water partition coefficient (Wildman–Crippen LogP) is 1.87. The van der Waals surface area contributed by atoms with Crippen molar-refractivity contribution in [3.8, 4) is 0 Å². The Hall–Kier alpha value is -1.10. The van der Waals surface area contributed by atoms with Crippen LogP contribution in [0.15, 0.2) is 24.3 Å². The molecule has 4 nitrogen and oxygen atoms in total. The maximum atomic E-state index is 11.4. The van der Waals surface area contributed by atoms with Crippen molar-refractivity contribution in [2.24, 2.45) is 11.3 Å². The van der Waals surface area contributed by atoms with Crippen LogP contribution in [-0.2, 0) is 16.1 Å². The number of carbonyl (C=O) groups excluding carboxylic acids is 1. The summed E-state index contributed by atoms with van der Waals surface area (Å²) in [4.78, 5) is 11.4. The summed E-state index contributed by atoms with van der Waals surface area (Å²) in [5, 5.41) is 0.661. The van der Waals surface area contributed by atoms with Gasteiger partial charge in [0.25, 0.3) is 0 Å². The van der Waals surface area contributed by atoms with Crippen molar-refractivity contribution >= 4 is 17.5 Å². The lowest BCUT2D eigenvalue weighted by molar-refractivity contribution is -0.132. The Morgan fingerprint density at radius 3 is 2.71 bits per heavy atom. The third-order valence-electron chi connectivity index (χ3n) is 2.42. The van der Waals surface area contributed by atoms with E-state index in [0.717, 1.165) is 5.56 Å². The van der Waals surface area contributed by atoms with Gasteiger partial charge in [0.2, 0.25) is 5.91 Å². The molecule has 1 aromatic carbocycles. The smallest absolute Gasteiger partial charge is 0.241 e. The molecule has 0 radical (unpaired) electrons. The molecule has 1 amide bonds. The van der Waals surface area contributed by atoms with E-state index in [4.69, 9.17) is 22.2 Å². The van der Waals surface area contributed by atoms with Crippen LogP contribution >= 0.6 is 11.6 Å². The Morgan fingerprint density at radius 2 is 2.12 bits per heavy atom. The second kappa shape index (κ2) is 6.00. The lowest BCUT2D eigenvalue weighted by Crippen LogP contribution is -2.43. The third-order valence-corrected chi connectivity index (χ3v) is 2.79. The van der Waals surface area contributed by atoms with E-state index in [1.165, 1.54) is 0 Å². The van der Waals surface area contributed by atoms with Crippen molar-refractivity contribution in [3.05, 3.63) is 34.9 Å². The largest absolute Gasteiger partial charge is 0.376 e. The normalized spacial score (nSPS) is 11.3. The van der Waals surface area contributed by atoms with Gasteiger partial charge >= 0.3 is 0 Å². The lowest BCUT2D eigenvalue weighted by atomic mass is 9.94. The van der Waals surface area contributed by atoms with Gasteiger partial charge in [-0.3, -0.25) is 10.2 Å². The molecule has 0 heterocycles. The monoisotopic (exact) mass is 256 g/mol. The van der Waals surface area contributed by atoms with Crippen LogP contribution in [0.1, 0.15) is 19.4 Å². The summed E-state index contributed by atoms with van der Waals surface area (Å²) >= 11 is 5.98. The Kier molecular flexibility index (Phi) is 4.93. The number of hydrazine groups is 1. The molecule has 0 unspecified atom stereocenters. The Labute approximate surface area is 106 Å². The molecular formula is C12H17ClN2O2. The van der Waals surface area contributed by atoms with Crippen molar-refractivity contribution in [1.82, 2.24) is 5.43 Å². The average Bonchev–Trinajstić information content (AvgIpc) is 2.30. The summed E-state index contributed by atoms with van der Waals surface area (Å²) in [5.41, 5.74) is 2.36. The van der Waals surface area contributed by atoms with E-state index < -0.39 is 5.41 Å². The zero-order chi connectivity index (χ0) is 12.9. The summed E-state index contributed by atoms with van der Waals surface area (Å²) in [7, 11) is 0. The minimum Gasteiger partial charge on any atom is -0.376 e. The van der Waals surface area contributed by atoms with Gasteiger partial charge in [0.1, 0.15) is 0 Å². The van der Waals surface area contributed by atoms with E-state index in [-0.39, 0.29) is 12.5 Å². The highest BCUT2D eigenvalue weighted by Crippen LogP contribution is 2.19. The molecule has 0 saturated heterocycles. The van der Waals surface area contributed by atoms with E-state index in [2.05, 4.69) is 5.43 Å². The van der Waals surface area contributed by atoms with E-state index in [1.807, 2.05) is 18.2 Å². The molecule has 0 aliphatic carbocycles. The fourth-order valence-corrected chi connectivity index (χ4v) is 1.48. The molecule has 1 rings (SSSR count). The number of benzene rings is 1. The Bertz CT molecular complexity index is 394. The first kappa shape index (κ1) is 14.0. The van der Waals surface area contributed by atoms with Gasteiger partial charge in [-0.15, -0.1) is 0 Å². The standard InChI is InChI=1S/C12H17ClN2O2/c1-12(2,11(16)15-14)8-17-7-9-5-3-4-6-10(9)13/h3-6H,7-8,14H2,1-2H3,(H,15,16). The van der Waals surface area contributed by atoms with E-state index >= 15 is 0 Å². The molecule has 0 aromatic heterocycles. The van der Waals surface area contributed by atoms with E-state index in [0.29, 0.717) is 11.6 Å². The number of hydrogen-bond acceptors (Lipinski definition) is 3. The van der Waals surface area contributed by atoms with Crippen LogP contribution in [-0.4, -0.2) is 12.5 Å². The first-order valence-electron chi connectivity index (χ1n) is 5.29. The minimum absolute atomic E-state index is 0.253. The van der Waals surface area contributed by atoms with Gasteiger partial charge < -0.3 is 4.74 Å². The SMILES string of the molecule is CC(C)(COCc1ccccc1Cl)C(=O)NN. The number of nitrogens with two attached hydrogens (primary N) is 1. The first-order valence-corrected chi connectivity index (χ1v) is 5.67. The molecule has 0 fully saturated rings. The third kappa shape index (κ3) is 4.00. The van der Waals surface area contributed by atoms with Crippen LogP contribution < -0.4 is 11.3 Å². The van der Waals surface area contributed by atoms with E-state index in [1.54, 1.807) is 19.9 Å². The van der Waals surface area contributed by atoms with Gasteiger partial charge in [-0.2, -0.15) is 0 Å². The number of ether oxygens (including phenoxy) is 1. The molecule has 0 aliphatic heterocycles. The van der Waals surface area contributed by atoms with Crippen LogP contribution in [0.3, 0.4) is 0 Å². The number of amides is 1. The summed E-state index contributed by atoms with van der Waals surface area (Å²) in [5.74, 6) is 4.84. The zero-order valence-electron chi connectivity index (χ0n) is 10.00. The molecule has 5 heteroatoms. The molecular weight excluding hydrogens is 240 g/mol. The molecule has 0 aliphatic rings. The number of halogens is 1. The number of nitrogens with one attached hydrogen (secondary N) is 1. The van der Waals surface area contributed by atoms with Crippen molar-refractivity contribution in [2.75, 3.05) is 6.61 Å². The predicted molar refractivity (Wildman–Crippen MR) is 67.2 cm³/mol. The average molecular weight is 257 g/mol. The van der Waals surface area contributed by atoms with E-state index in [9.17, 15) is 4.79 Å². The zero-order valence-corrected chi connectivity index (χ0v) is 10.8. The molecule has 0 atom stereocenters. The Balaban J connectivity index is 2.48. The second-order valence-electron chi connectivity index (χ2n) is 4.44. The van der Waals surface area contributed by atoms with Crippen molar-refractivity contribution in [1.29, 1.82) is 0 Å². The Morgan fingerprint density at radius 1 is 1.47 bits per heavy atom. The second-order valence-corrected chi connectivity index (χ2v) is 4.85. The van der Waals surface area contributed by atoms with Gasteiger partial charge in [-0.05, 0) is 25.5 Å². The highest BCUT2D eigenvalue weighted by molar-refractivity contribution is 6.31.